The summed E-state index contributed by atoms with van der Waals surface area (Å²) >= 11 is 6.25. The van der Waals surface area contributed by atoms with Gasteiger partial charge in [0.2, 0.25) is 0 Å². The van der Waals surface area contributed by atoms with Gasteiger partial charge in [-0.15, -0.1) is 0 Å². The Kier molecular flexibility index (Phi) is 3.13. The van der Waals surface area contributed by atoms with E-state index in [1.54, 1.807) is 0 Å². The minimum Gasteiger partial charge on any atom is -0.388 e. The number of hydrogen-bond donors (Lipinski definition) is 1. The van der Waals surface area contributed by atoms with E-state index in [4.69, 9.17) is 11.6 Å². The molecule has 17 heavy (non-hydrogen) atoms. The number of aliphatic hydroxyl groups is 1. The van der Waals surface area contributed by atoms with Crippen LogP contribution in [0.2, 0.25) is 5.02 Å². The molecule has 0 aliphatic carbocycles. The van der Waals surface area contributed by atoms with E-state index in [1.165, 1.54) is 5.69 Å². The first-order valence-electron chi connectivity index (χ1n) is 6.10. The molecule has 0 saturated heterocycles. The molecular formula is C14H20ClNO. The highest BCUT2D eigenvalue weighted by atomic mass is 35.5. The van der Waals surface area contributed by atoms with Crippen LogP contribution in [0.1, 0.15) is 33.3 Å². The summed E-state index contributed by atoms with van der Waals surface area (Å²) in [5, 5.41) is 11.1. The average molecular weight is 254 g/mol. The van der Waals surface area contributed by atoms with Crippen LogP contribution < -0.4 is 4.90 Å². The molecule has 1 aliphatic heterocycles. The van der Waals surface area contributed by atoms with Gasteiger partial charge in [-0.3, -0.25) is 0 Å². The Morgan fingerprint density at radius 1 is 1.41 bits per heavy atom. The van der Waals surface area contributed by atoms with Gasteiger partial charge in [-0.25, -0.2) is 0 Å². The maximum absolute atomic E-state index is 10.3. The van der Waals surface area contributed by atoms with E-state index < -0.39 is 5.60 Å². The first-order valence-corrected chi connectivity index (χ1v) is 6.48. The van der Waals surface area contributed by atoms with Gasteiger partial charge in [-0.2, -0.15) is 0 Å². The monoisotopic (exact) mass is 253 g/mol. The van der Waals surface area contributed by atoms with Crippen molar-refractivity contribution in [2.24, 2.45) is 0 Å². The Morgan fingerprint density at radius 3 is 2.59 bits per heavy atom. The van der Waals surface area contributed by atoms with Crippen molar-refractivity contribution in [2.75, 3.05) is 4.90 Å². The van der Waals surface area contributed by atoms with E-state index in [2.05, 4.69) is 24.8 Å². The Balaban J connectivity index is 2.49. The molecule has 1 unspecified atom stereocenters. The van der Waals surface area contributed by atoms with E-state index >= 15 is 0 Å². The molecule has 0 aromatic heterocycles. The molecule has 1 heterocycles. The van der Waals surface area contributed by atoms with Crippen molar-refractivity contribution in [1.82, 2.24) is 0 Å². The quantitative estimate of drug-likeness (QED) is 0.875. The maximum atomic E-state index is 10.3. The maximum Gasteiger partial charge on any atom is 0.0797 e. The van der Waals surface area contributed by atoms with Crippen molar-refractivity contribution in [1.29, 1.82) is 0 Å². The van der Waals surface area contributed by atoms with Crippen molar-refractivity contribution in [3.63, 3.8) is 0 Å². The molecule has 0 radical (unpaired) electrons. The lowest BCUT2D eigenvalue weighted by atomic mass is 9.94. The van der Waals surface area contributed by atoms with Gasteiger partial charge in [0, 0.05) is 16.8 Å². The Hall–Kier alpha value is -0.730. The van der Waals surface area contributed by atoms with Gasteiger partial charge in [0.15, 0.2) is 0 Å². The van der Waals surface area contributed by atoms with Crippen molar-refractivity contribution < 1.29 is 5.11 Å². The zero-order valence-electron chi connectivity index (χ0n) is 10.9. The smallest absolute Gasteiger partial charge is 0.0797 e. The van der Waals surface area contributed by atoms with Crippen molar-refractivity contribution in [3.8, 4) is 0 Å². The Morgan fingerprint density at radius 2 is 2.06 bits per heavy atom. The first kappa shape index (κ1) is 12.7. The summed E-state index contributed by atoms with van der Waals surface area (Å²) in [5.41, 5.74) is 1.60. The molecule has 1 N–H and O–H groups in total. The number of nitrogens with zero attached hydrogens (tertiary/aromatic N) is 1. The zero-order chi connectivity index (χ0) is 12.8. The minimum atomic E-state index is -0.730. The van der Waals surface area contributed by atoms with Gasteiger partial charge >= 0.3 is 0 Å². The molecule has 2 rings (SSSR count). The molecule has 1 aliphatic rings. The molecule has 1 aromatic rings. The number of fused-ring (bicyclic) bond motifs is 1. The lowest BCUT2D eigenvalue weighted by molar-refractivity contribution is 0.0498. The molecular weight excluding hydrogens is 234 g/mol. The van der Waals surface area contributed by atoms with E-state index in [-0.39, 0.29) is 6.04 Å². The van der Waals surface area contributed by atoms with Crippen LogP contribution in [-0.2, 0) is 6.42 Å². The van der Waals surface area contributed by atoms with Crippen LogP contribution >= 0.6 is 11.6 Å². The van der Waals surface area contributed by atoms with E-state index in [0.29, 0.717) is 6.04 Å². The van der Waals surface area contributed by atoms with E-state index in [1.807, 2.05) is 26.0 Å². The highest BCUT2D eigenvalue weighted by Crippen LogP contribution is 2.41. The first-order chi connectivity index (χ1) is 7.82. The highest BCUT2D eigenvalue weighted by molar-refractivity contribution is 6.31. The molecule has 1 aromatic carbocycles. The predicted molar refractivity (Wildman–Crippen MR) is 72.9 cm³/mol. The highest BCUT2D eigenvalue weighted by Gasteiger charge is 2.40. The minimum absolute atomic E-state index is 0.0948. The number of benzene rings is 1. The van der Waals surface area contributed by atoms with Gasteiger partial charge in [0.25, 0.3) is 0 Å². The molecule has 2 nitrogen and oxygen atoms in total. The van der Waals surface area contributed by atoms with Crippen molar-refractivity contribution >= 4 is 17.3 Å². The van der Waals surface area contributed by atoms with Crippen LogP contribution in [0.4, 0.5) is 5.69 Å². The molecule has 1 atom stereocenters. The van der Waals surface area contributed by atoms with Gasteiger partial charge in [-0.05, 0) is 51.8 Å². The second-order valence-corrected chi connectivity index (χ2v) is 6.02. The summed E-state index contributed by atoms with van der Waals surface area (Å²) in [7, 11) is 0. The van der Waals surface area contributed by atoms with Gasteiger partial charge in [0.05, 0.1) is 11.6 Å². The Bertz CT molecular complexity index is 423. The van der Waals surface area contributed by atoms with Crippen LogP contribution in [0.3, 0.4) is 0 Å². The molecule has 3 heteroatoms. The molecule has 0 spiro atoms. The van der Waals surface area contributed by atoms with Crippen LogP contribution in [0.25, 0.3) is 0 Å². The fourth-order valence-corrected chi connectivity index (χ4v) is 2.93. The molecule has 0 bridgehead atoms. The molecule has 0 saturated carbocycles. The second kappa shape index (κ2) is 4.18. The third-order valence-electron chi connectivity index (χ3n) is 3.48. The topological polar surface area (TPSA) is 23.5 Å². The van der Waals surface area contributed by atoms with Gasteiger partial charge in [0.1, 0.15) is 0 Å². The second-order valence-electron chi connectivity index (χ2n) is 5.61. The van der Waals surface area contributed by atoms with Crippen LogP contribution in [-0.4, -0.2) is 22.8 Å². The van der Waals surface area contributed by atoms with Gasteiger partial charge in [-0.1, -0.05) is 17.7 Å². The van der Waals surface area contributed by atoms with Crippen LogP contribution in [0, 0.1) is 0 Å². The SMILES string of the molecule is CC(C)N1c2cccc(Cl)c2CC1C(C)(C)O. The van der Waals surface area contributed by atoms with Crippen LogP contribution in [0.5, 0.6) is 0 Å². The Labute approximate surface area is 108 Å². The molecule has 0 amide bonds. The summed E-state index contributed by atoms with van der Waals surface area (Å²) in [6.07, 6.45) is 0.816. The predicted octanol–water partition coefficient (Wildman–Crippen LogP) is 3.25. The lowest BCUT2D eigenvalue weighted by Gasteiger charge is -2.38. The molecule has 94 valence electrons. The zero-order valence-corrected chi connectivity index (χ0v) is 11.6. The summed E-state index contributed by atoms with van der Waals surface area (Å²) in [4.78, 5) is 2.28. The standard InChI is InChI=1S/C14H20ClNO/c1-9(2)16-12-7-5-6-11(15)10(12)8-13(16)14(3,4)17/h5-7,9,13,17H,8H2,1-4H3. The number of halogens is 1. The summed E-state index contributed by atoms with van der Waals surface area (Å²) in [6, 6.07) is 6.44. The van der Waals surface area contributed by atoms with Gasteiger partial charge < -0.3 is 10.0 Å². The third-order valence-corrected chi connectivity index (χ3v) is 3.83. The van der Waals surface area contributed by atoms with Crippen molar-refractivity contribution in [2.45, 2.75) is 51.8 Å². The number of hydrogen-bond acceptors (Lipinski definition) is 2. The normalized spacial score (nSPS) is 19.9. The van der Waals surface area contributed by atoms with E-state index in [9.17, 15) is 5.11 Å². The summed E-state index contributed by atoms with van der Waals surface area (Å²) < 4.78 is 0. The fraction of sp³-hybridized carbons (Fsp3) is 0.571. The molecule has 0 fully saturated rings. The number of rotatable bonds is 2. The van der Waals surface area contributed by atoms with E-state index in [0.717, 1.165) is 17.0 Å². The lowest BCUT2D eigenvalue weighted by Crippen LogP contribution is -2.50. The summed E-state index contributed by atoms with van der Waals surface area (Å²) in [6.45, 7) is 8.03. The summed E-state index contributed by atoms with van der Waals surface area (Å²) in [5.74, 6) is 0. The average Bonchev–Trinajstić information content (AvgIpc) is 2.57. The third kappa shape index (κ3) is 2.16. The van der Waals surface area contributed by atoms with Crippen LogP contribution in [0.15, 0.2) is 18.2 Å². The fourth-order valence-electron chi connectivity index (χ4n) is 2.68. The largest absolute Gasteiger partial charge is 0.388 e. The van der Waals surface area contributed by atoms with Crippen molar-refractivity contribution in [3.05, 3.63) is 28.8 Å². The number of anilines is 1.